The van der Waals surface area contributed by atoms with Gasteiger partial charge in [-0.25, -0.2) is 0 Å². The Balaban J connectivity index is 0.000000461. The van der Waals surface area contributed by atoms with Crippen molar-refractivity contribution in [3.8, 4) is 0 Å². The van der Waals surface area contributed by atoms with Crippen LogP contribution in [0.4, 0.5) is 0 Å². The molecule has 0 aliphatic rings. The second-order valence-electron chi connectivity index (χ2n) is 1.67. The molecule has 0 saturated carbocycles. The standard InChI is InChI=1S/C7H5ClO.CH4O/c8-7-3-1-6(5-9)2-4-7;1-2/h1-5H;2H,1H3. The van der Waals surface area contributed by atoms with E-state index in [-0.39, 0.29) is 0 Å². The molecule has 0 aliphatic heterocycles. The van der Waals surface area contributed by atoms with E-state index in [1.807, 2.05) is 0 Å². The molecular weight excluding hydrogens is 164 g/mol. The van der Waals surface area contributed by atoms with Gasteiger partial charge in [0.25, 0.3) is 0 Å². The number of rotatable bonds is 1. The smallest absolute Gasteiger partial charge is 0.150 e. The summed E-state index contributed by atoms with van der Waals surface area (Å²) in [6.07, 6.45) is 0.788. The second kappa shape index (κ2) is 5.89. The van der Waals surface area contributed by atoms with E-state index in [4.69, 9.17) is 16.7 Å². The molecule has 0 aromatic heterocycles. The Morgan fingerprint density at radius 3 is 2.09 bits per heavy atom. The number of halogens is 1. The number of benzene rings is 1. The zero-order valence-corrected chi connectivity index (χ0v) is 6.88. The summed E-state index contributed by atoms with van der Waals surface area (Å²) in [6, 6.07) is 6.72. The SMILES string of the molecule is CO.O=Cc1ccc(Cl)cc1. The Kier molecular flexibility index (Phi) is 5.43. The molecule has 0 amide bonds. The Bertz CT molecular complexity index is 206. The third-order valence-electron chi connectivity index (χ3n) is 1.01. The van der Waals surface area contributed by atoms with Crippen molar-refractivity contribution in [1.82, 2.24) is 0 Å². The van der Waals surface area contributed by atoms with Crippen LogP contribution in [0.15, 0.2) is 24.3 Å². The van der Waals surface area contributed by atoms with Gasteiger partial charge >= 0.3 is 0 Å². The first kappa shape index (κ1) is 10.1. The molecular formula is C8H9ClO2. The number of aliphatic hydroxyl groups is 1. The van der Waals surface area contributed by atoms with Crippen LogP contribution >= 0.6 is 11.6 Å². The molecule has 60 valence electrons. The van der Waals surface area contributed by atoms with Gasteiger partial charge in [-0.15, -0.1) is 0 Å². The first-order valence-electron chi connectivity index (χ1n) is 2.98. The van der Waals surface area contributed by atoms with E-state index in [0.29, 0.717) is 10.6 Å². The van der Waals surface area contributed by atoms with Crippen LogP contribution < -0.4 is 0 Å². The summed E-state index contributed by atoms with van der Waals surface area (Å²) in [4.78, 5) is 10.1. The maximum Gasteiger partial charge on any atom is 0.150 e. The monoisotopic (exact) mass is 172 g/mol. The zero-order valence-electron chi connectivity index (χ0n) is 6.12. The maximum atomic E-state index is 10.1. The predicted molar refractivity (Wildman–Crippen MR) is 45.0 cm³/mol. The lowest BCUT2D eigenvalue weighted by Crippen LogP contribution is -1.74. The summed E-state index contributed by atoms with van der Waals surface area (Å²) < 4.78 is 0. The van der Waals surface area contributed by atoms with Crippen LogP contribution in [0.1, 0.15) is 10.4 Å². The van der Waals surface area contributed by atoms with Gasteiger partial charge in [-0.3, -0.25) is 4.79 Å². The maximum absolute atomic E-state index is 10.1. The topological polar surface area (TPSA) is 37.3 Å². The van der Waals surface area contributed by atoms with Gasteiger partial charge in [0.15, 0.2) is 0 Å². The van der Waals surface area contributed by atoms with Gasteiger partial charge < -0.3 is 5.11 Å². The molecule has 0 fully saturated rings. The average molecular weight is 173 g/mol. The first-order valence-corrected chi connectivity index (χ1v) is 3.36. The molecule has 3 heteroatoms. The first-order chi connectivity index (χ1) is 5.33. The van der Waals surface area contributed by atoms with Gasteiger partial charge in [-0.1, -0.05) is 23.7 Å². The molecule has 2 nitrogen and oxygen atoms in total. The van der Waals surface area contributed by atoms with Crippen LogP contribution in [0.3, 0.4) is 0 Å². The lowest BCUT2D eigenvalue weighted by atomic mass is 10.2. The van der Waals surface area contributed by atoms with Gasteiger partial charge in [0.1, 0.15) is 6.29 Å². The van der Waals surface area contributed by atoms with E-state index in [1.54, 1.807) is 24.3 Å². The van der Waals surface area contributed by atoms with Crippen LogP contribution in [0.2, 0.25) is 5.02 Å². The van der Waals surface area contributed by atoms with Crippen LogP contribution in [0, 0.1) is 0 Å². The molecule has 0 saturated heterocycles. The van der Waals surface area contributed by atoms with Crippen molar-refractivity contribution >= 4 is 17.9 Å². The fourth-order valence-corrected chi connectivity index (χ4v) is 0.667. The summed E-state index contributed by atoms with van der Waals surface area (Å²) in [5.74, 6) is 0. The highest BCUT2D eigenvalue weighted by Crippen LogP contribution is 2.07. The summed E-state index contributed by atoms with van der Waals surface area (Å²) in [5, 5.41) is 7.65. The number of aldehydes is 1. The Labute approximate surface area is 70.4 Å². The minimum atomic E-state index is 0.652. The second-order valence-corrected chi connectivity index (χ2v) is 2.11. The Morgan fingerprint density at radius 2 is 1.73 bits per heavy atom. The normalized spacial score (nSPS) is 7.91. The third-order valence-corrected chi connectivity index (χ3v) is 1.26. The lowest BCUT2D eigenvalue weighted by molar-refractivity contribution is 0.112. The van der Waals surface area contributed by atoms with Crippen molar-refractivity contribution in [2.75, 3.05) is 7.11 Å². The average Bonchev–Trinajstić information content (AvgIpc) is 2.10. The molecule has 0 aliphatic carbocycles. The van der Waals surface area contributed by atoms with Gasteiger partial charge in [0.2, 0.25) is 0 Å². The van der Waals surface area contributed by atoms with Crippen molar-refractivity contribution in [2.45, 2.75) is 0 Å². The van der Waals surface area contributed by atoms with Crippen LogP contribution in [-0.2, 0) is 0 Å². The van der Waals surface area contributed by atoms with Crippen molar-refractivity contribution in [3.63, 3.8) is 0 Å². The van der Waals surface area contributed by atoms with E-state index in [1.165, 1.54) is 0 Å². The molecule has 0 spiro atoms. The molecule has 0 radical (unpaired) electrons. The van der Waals surface area contributed by atoms with Gasteiger partial charge in [-0.2, -0.15) is 0 Å². The van der Waals surface area contributed by atoms with Crippen LogP contribution in [-0.4, -0.2) is 18.5 Å². The number of aliphatic hydroxyl groups excluding tert-OH is 1. The summed E-state index contributed by atoms with van der Waals surface area (Å²) in [5.41, 5.74) is 0.652. The Hall–Kier alpha value is -0.860. The highest BCUT2D eigenvalue weighted by atomic mass is 35.5. The molecule has 0 unspecified atom stereocenters. The van der Waals surface area contributed by atoms with Gasteiger partial charge in [0.05, 0.1) is 0 Å². The molecule has 1 rings (SSSR count). The quantitative estimate of drug-likeness (QED) is 0.656. The zero-order chi connectivity index (χ0) is 8.69. The molecule has 1 N–H and O–H groups in total. The fraction of sp³-hybridized carbons (Fsp3) is 0.125. The van der Waals surface area contributed by atoms with Crippen LogP contribution in [0.5, 0.6) is 0 Å². The lowest BCUT2D eigenvalue weighted by Gasteiger charge is -1.87. The van der Waals surface area contributed by atoms with Gasteiger partial charge in [0, 0.05) is 17.7 Å². The molecule has 0 heterocycles. The van der Waals surface area contributed by atoms with Crippen LogP contribution in [0.25, 0.3) is 0 Å². The molecule has 1 aromatic rings. The largest absolute Gasteiger partial charge is 0.400 e. The van der Waals surface area contributed by atoms with Gasteiger partial charge in [-0.05, 0) is 12.1 Å². The highest BCUT2D eigenvalue weighted by molar-refractivity contribution is 6.30. The number of carbonyl (C=O) groups excluding carboxylic acids is 1. The third kappa shape index (κ3) is 3.75. The number of hydrogen-bond donors (Lipinski definition) is 1. The molecule has 1 aromatic carbocycles. The molecule has 0 bridgehead atoms. The minimum absolute atomic E-state index is 0.652. The van der Waals surface area contributed by atoms with Crippen molar-refractivity contribution in [3.05, 3.63) is 34.9 Å². The van der Waals surface area contributed by atoms with E-state index in [0.717, 1.165) is 13.4 Å². The summed E-state index contributed by atoms with van der Waals surface area (Å²) in [7, 11) is 1.00. The Morgan fingerprint density at radius 1 is 1.27 bits per heavy atom. The highest BCUT2D eigenvalue weighted by Gasteiger charge is 1.86. The van der Waals surface area contributed by atoms with Crippen molar-refractivity contribution in [2.24, 2.45) is 0 Å². The number of hydrogen-bond acceptors (Lipinski definition) is 2. The van der Waals surface area contributed by atoms with E-state index < -0.39 is 0 Å². The van der Waals surface area contributed by atoms with Crippen molar-refractivity contribution < 1.29 is 9.90 Å². The number of carbonyl (C=O) groups is 1. The van der Waals surface area contributed by atoms with E-state index in [9.17, 15) is 4.79 Å². The fourth-order valence-electron chi connectivity index (χ4n) is 0.541. The molecule has 11 heavy (non-hydrogen) atoms. The predicted octanol–water partition coefficient (Wildman–Crippen LogP) is 1.76. The van der Waals surface area contributed by atoms with E-state index >= 15 is 0 Å². The van der Waals surface area contributed by atoms with E-state index in [2.05, 4.69) is 0 Å². The molecule has 0 atom stereocenters. The summed E-state index contributed by atoms with van der Waals surface area (Å²) >= 11 is 5.55. The minimum Gasteiger partial charge on any atom is -0.400 e. The summed E-state index contributed by atoms with van der Waals surface area (Å²) in [6.45, 7) is 0. The van der Waals surface area contributed by atoms with Crippen molar-refractivity contribution in [1.29, 1.82) is 0 Å².